The van der Waals surface area contributed by atoms with Crippen molar-refractivity contribution in [1.29, 1.82) is 0 Å². The zero-order chi connectivity index (χ0) is 12.5. The van der Waals surface area contributed by atoms with Crippen LogP contribution in [0.3, 0.4) is 0 Å². The van der Waals surface area contributed by atoms with Crippen LogP contribution in [0, 0.1) is 5.82 Å². The monoisotopic (exact) mass is 300 g/mol. The van der Waals surface area contributed by atoms with Crippen LogP contribution in [0.1, 0.15) is 15.9 Å². The number of halogens is 5. The molecule has 0 aliphatic rings. The molecule has 1 aromatic carbocycles. The first kappa shape index (κ1) is 13.0. The van der Waals surface area contributed by atoms with Crippen molar-refractivity contribution in [2.75, 3.05) is 7.11 Å². The van der Waals surface area contributed by atoms with Gasteiger partial charge >= 0.3 is 12.1 Å². The smallest absolute Gasteiger partial charge is 0.419 e. The molecule has 88 valence electrons. The van der Waals surface area contributed by atoms with E-state index in [-0.39, 0.29) is 4.47 Å². The standard InChI is InChI=1S/C9H5BrF4O2/c1-16-8(15)6-5(10)3-2-4(7(6)11)9(12,13)14/h2-3H,1H3. The molecule has 1 rings (SSSR count). The van der Waals surface area contributed by atoms with Crippen LogP contribution in [-0.4, -0.2) is 13.1 Å². The second-order valence-electron chi connectivity index (χ2n) is 2.77. The SMILES string of the molecule is COC(=O)c1c(Br)ccc(C(F)(F)F)c1F. The Morgan fingerprint density at radius 3 is 2.38 bits per heavy atom. The lowest BCUT2D eigenvalue weighted by Crippen LogP contribution is -2.14. The van der Waals surface area contributed by atoms with Gasteiger partial charge in [-0.05, 0) is 28.1 Å². The van der Waals surface area contributed by atoms with E-state index in [1.807, 2.05) is 0 Å². The molecular formula is C9H5BrF4O2. The minimum absolute atomic E-state index is 0.0927. The topological polar surface area (TPSA) is 26.3 Å². The third-order valence-electron chi connectivity index (χ3n) is 1.79. The van der Waals surface area contributed by atoms with Gasteiger partial charge in [0, 0.05) is 4.47 Å². The van der Waals surface area contributed by atoms with Crippen LogP contribution in [0.2, 0.25) is 0 Å². The fourth-order valence-corrected chi connectivity index (χ4v) is 1.53. The number of rotatable bonds is 1. The van der Waals surface area contributed by atoms with Gasteiger partial charge in [-0.25, -0.2) is 9.18 Å². The lowest BCUT2D eigenvalue weighted by atomic mass is 10.1. The van der Waals surface area contributed by atoms with Gasteiger partial charge in [0.1, 0.15) is 5.56 Å². The Labute approximate surface area is 96.3 Å². The second kappa shape index (κ2) is 4.40. The van der Waals surface area contributed by atoms with Gasteiger partial charge in [-0.2, -0.15) is 13.2 Å². The molecule has 16 heavy (non-hydrogen) atoms. The van der Waals surface area contributed by atoms with E-state index < -0.39 is 29.1 Å². The molecule has 0 amide bonds. The summed E-state index contributed by atoms with van der Waals surface area (Å²) in [5.74, 6) is -2.82. The molecule has 0 aromatic heterocycles. The molecule has 0 unspecified atom stereocenters. The molecule has 0 spiro atoms. The van der Waals surface area contributed by atoms with Crippen LogP contribution in [0.4, 0.5) is 17.6 Å². The van der Waals surface area contributed by atoms with Crippen LogP contribution in [-0.2, 0) is 10.9 Å². The molecule has 0 atom stereocenters. The third-order valence-corrected chi connectivity index (χ3v) is 2.45. The van der Waals surface area contributed by atoms with Crippen LogP contribution in [0.5, 0.6) is 0 Å². The minimum Gasteiger partial charge on any atom is -0.465 e. The van der Waals surface area contributed by atoms with Crippen LogP contribution in [0.25, 0.3) is 0 Å². The summed E-state index contributed by atoms with van der Waals surface area (Å²) >= 11 is 2.78. The fraction of sp³-hybridized carbons (Fsp3) is 0.222. The predicted octanol–water partition coefficient (Wildman–Crippen LogP) is 3.39. The average molecular weight is 301 g/mol. The predicted molar refractivity (Wildman–Crippen MR) is 50.4 cm³/mol. The number of carbonyl (C=O) groups is 1. The van der Waals surface area contributed by atoms with Crippen molar-refractivity contribution in [3.05, 3.63) is 33.5 Å². The molecular weight excluding hydrogens is 296 g/mol. The first-order chi connectivity index (χ1) is 7.29. The number of carbonyl (C=O) groups excluding carboxylic acids is 1. The van der Waals surface area contributed by atoms with Gasteiger partial charge in [-0.15, -0.1) is 0 Å². The van der Waals surface area contributed by atoms with E-state index >= 15 is 0 Å². The highest BCUT2D eigenvalue weighted by Crippen LogP contribution is 2.35. The number of methoxy groups -OCH3 is 1. The Bertz CT molecular complexity index is 428. The summed E-state index contributed by atoms with van der Waals surface area (Å²) < 4.78 is 54.5. The Morgan fingerprint density at radius 2 is 1.94 bits per heavy atom. The number of alkyl halides is 3. The second-order valence-corrected chi connectivity index (χ2v) is 3.63. The highest BCUT2D eigenvalue weighted by atomic mass is 79.9. The van der Waals surface area contributed by atoms with Gasteiger partial charge in [-0.3, -0.25) is 0 Å². The number of ether oxygens (including phenoxy) is 1. The minimum atomic E-state index is -4.85. The van der Waals surface area contributed by atoms with Crippen LogP contribution < -0.4 is 0 Å². The summed E-state index contributed by atoms with van der Waals surface area (Å²) in [6.07, 6.45) is -4.85. The molecule has 0 fully saturated rings. The molecule has 0 heterocycles. The normalized spacial score (nSPS) is 11.4. The van der Waals surface area contributed by atoms with Crippen molar-refractivity contribution in [3.63, 3.8) is 0 Å². The fourth-order valence-electron chi connectivity index (χ4n) is 1.06. The van der Waals surface area contributed by atoms with E-state index in [4.69, 9.17) is 0 Å². The Balaban J connectivity index is 3.45. The van der Waals surface area contributed by atoms with Crippen molar-refractivity contribution < 1.29 is 27.1 Å². The first-order valence-electron chi connectivity index (χ1n) is 3.92. The van der Waals surface area contributed by atoms with Gasteiger partial charge in [0.15, 0.2) is 5.82 Å². The molecule has 0 saturated carbocycles. The van der Waals surface area contributed by atoms with Crippen molar-refractivity contribution in [2.45, 2.75) is 6.18 Å². The first-order valence-corrected chi connectivity index (χ1v) is 4.72. The van der Waals surface area contributed by atoms with Gasteiger partial charge in [0.2, 0.25) is 0 Å². The number of hydrogen-bond donors (Lipinski definition) is 0. The molecule has 0 aliphatic heterocycles. The molecule has 2 nitrogen and oxygen atoms in total. The highest BCUT2D eigenvalue weighted by molar-refractivity contribution is 9.10. The molecule has 0 radical (unpaired) electrons. The zero-order valence-electron chi connectivity index (χ0n) is 7.86. The van der Waals surface area contributed by atoms with Gasteiger partial charge in [-0.1, -0.05) is 0 Å². The summed E-state index contributed by atoms with van der Waals surface area (Å²) in [7, 11) is 0.953. The molecule has 0 N–H and O–H groups in total. The van der Waals surface area contributed by atoms with Crippen molar-refractivity contribution in [3.8, 4) is 0 Å². The quantitative estimate of drug-likeness (QED) is 0.587. The number of hydrogen-bond acceptors (Lipinski definition) is 2. The largest absolute Gasteiger partial charge is 0.465 e. The van der Waals surface area contributed by atoms with Crippen molar-refractivity contribution in [1.82, 2.24) is 0 Å². The Morgan fingerprint density at radius 1 is 1.38 bits per heavy atom. The molecule has 7 heteroatoms. The van der Waals surface area contributed by atoms with Gasteiger partial charge in [0.25, 0.3) is 0 Å². The summed E-state index contributed by atoms with van der Waals surface area (Å²) in [6.45, 7) is 0. The zero-order valence-corrected chi connectivity index (χ0v) is 9.45. The maximum atomic E-state index is 13.4. The molecule has 1 aromatic rings. The maximum absolute atomic E-state index is 13.4. The third kappa shape index (κ3) is 2.34. The summed E-state index contributed by atoms with van der Waals surface area (Å²) in [6, 6.07) is 1.49. The van der Waals surface area contributed by atoms with Crippen molar-refractivity contribution in [2.24, 2.45) is 0 Å². The van der Waals surface area contributed by atoms with Gasteiger partial charge in [0.05, 0.1) is 12.7 Å². The summed E-state index contributed by atoms with van der Waals surface area (Å²) in [5.41, 5.74) is -2.27. The Kier molecular flexibility index (Phi) is 3.57. The van der Waals surface area contributed by atoms with Crippen LogP contribution in [0.15, 0.2) is 16.6 Å². The van der Waals surface area contributed by atoms with Gasteiger partial charge < -0.3 is 4.74 Å². The highest BCUT2D eigenvalue weighted by Gasteiger charge is 2.36. The Hall–Kier alpha value is -1.11. The van der Waals surface area contributed by atoms with Crippen molar-refractivity contribution >= 4 is 21.9 Å². The van der Waals surface area contributed by atoms with E-state index in [1.165, 1.54) is 0 Å². The lowest BCUT2D eigenvalue weighted by molar-refractivity contribution is -0.140. The number of esters is 1. The van der Waals surface area contributed by atoms with Crippen LogP contribution >= 0.6 is 15.9 Å². The van der Waals surface area contributed by atoms with E-state index in [2.05, 4.69) is 20.7 Å². The number of benzene rings is 1. The molecule has 0 bridgehead atoms. The molecule has 0 aliphatic carbocycles. The maximum Gasteiger partial charge on any atom is 0.419 e. The van der Waals surface area contributed by atoms with E-state index in [1.54, 1.807) is 0 Å². The average Bonchev–Trinajstić information content (AvgIpc) is 2.15. The van der Waals surface area contributed by atoms with E-state index in [0.29, 0.717) is 6.07 Å². The molecule has 0 saturated heterocycles. The summed E-state index contributed by atoms with van der Waals surface area (Å²) in [5, 5.41) is 0. The lowest BCUT2D eigenvalue weighted by Gasteiger charge is -2.11. The van der Waals surface area contributed by atoms with E-state index in [0.717, 1.165) is 13.2 Å². The summed E-state index contributed by atoms with van der Waals surface area (Å²) in [4.78, 5) is 11.1. The van der Waals surface area contributed by atoms with E-state index in [9.17, 15) is 22.4 Å².